The summed E-state index contributed by atoms with van der Waals surface area (Å²) in [6.45, 7) is 1.26. The normalized spacial score (nSPS) is 23.6. The number of nitro groups is 1. The lowest BCUT2D eigenvalue weighted by atomic mass is 9.82. The van der Waals surface area contributed by atoms with Gasteiger partial charge in [0.2, 0.25) is 9.90 Å². The Hall–Kier alpha value is -1.02. The van der Waals surface area contributed by atoms with Crippen molar-refractivity contribution < 1.29 is 19.6 Å². The number of ketones is 1. The highest BCUT2D eigenvalue weighted by Crippen LogP contribution is 2.47. The van der Waals surface area contributed by atoms with Crippen molar-refractivity contribution in [3.8, 4) is 5.75 Å². The number of aliphatic hydroxyl groups excluding tert-OH is 1. The lowest BCUT2D eigenvalue weighted by Crippen LogP contribution is -2.52. The van der Waals surface area contributed by atoms with Gasteiger partial charge in [0.25, 0.3) is 6.04 Å². The molecular weight excluding hydrogens is 460 g/mol. The van der Waals surface area contributed by atoms with Crippen molar-refractivity contribution in [1.29, 1.82) is 0 Å². The Morgan fingerprint density at radius 2 is 2.12 bits per heavy atom. The van der Waals surface area contributed by atoms with Crippen molar-refractivity contribution in [3.63, 3.8) is 0 Å². The van der Waals surface area contributed by atoms with Crippen molar-refractivity contribution in [1.82, 2.24) is 0 Å². The number of aliphatic hydroxyl groups is 1. The van der Waals surface area contributed by atoms with Gasteiger partial charge in [0.05, 0.1) is 11.7 Å². The summed E-state index contributed by atoms with van der Waals surface area (Å²) in [5.41, 5.74) is 0.477. The van der Waals surface area contributed by atoms with E-state index in [1.54, 1.807) is 18.2 Å². The first-order valence-electron chi connectivity index (χ1n) is 7.07. The van der Waals surface area contributed by atoms with E-state index in [4.69, 9.17) is 39.5 Å². The molecule has 6 nitrogen and oxygen atoms in total. The summed E-state index contributed by atoms with van der Waals surface area (Å²) in [6, 6.07) is 3.49. The predicted octanol–water partition coefficient (Wildman–Crippen LogP) is 4.73. The highest BCUT2D eigenvalue weighted by Gasteiger charge is 2.55. The van der Waals surface area contributed by atoms with Crippen LogP contribution in [0.2, 0.25) is 0 Å². The first kappa shape index (κ1) is 20.3. The average molecular weight is 474 g/mol. The third-order valence-corrected chi connectivity index (χ3v) is 4.85. The van der Waals surface area contributed by atoms with Gasteiger partial charge in [-0.15, -0.1) is 0 Å². The zero-order chi connectivity index (χ0) is 18.9. The van der Waals surface area contributed by atoms with Gasteiger partial charge in [-0.05, 0) is 25.1 Å². The molecule has 136 valence electrons. The first-order chi connectivity index (χ1) is 11.5. The van der Waals surface area contributed by atoms with Gasteiger partial charge in [-0.3, -0.25) is 14.9 Å². The number of benzene rings is 1. The fourth-order valence-electron chi connectivity index (χ4n) is 2.79. The monoisotopic (exact) mass is 471 g/mol. The molecule has 25 heavy (non-hydrogen) atoms. The first-order valence-corrected chi connectivity index (χ1v) is 8.99. The van der Waals surface area contributed by atoms with Gasteiger partial charge in [0.15, 0.2) is 5.78 Å². The zero-order valence-electron chi connectivity index (χ0n) is 12.8. The summed E-state index contributed by atoms with van der Waals surface area (Å²) < 4.78 is 4.21. The lowest BCUT2D eigenvalue weighted by Gasteiger charge is -2.37. The number of ether oxygens (including phenoxy) is 1. The standard InChI is InChI=1S/C15H13BrCl3NO5/c1-7(21)4-9(22)6-11-10-5-8(16)2-3-12(10)25-14(15(17,18)19)13(11)20(23)24/h2-5,11,13-14,22H,6H2,1H3/b9-4+/t11-,13+,14-/m0/s1. The van der Waals surface area contributed by atoms with Crippen LogP contribution in [-0.2, 0) is 4.79 Å². The van der Waals surface area contributed by atoms with Crippen molar-refractivity contribution in [2.75, 3.05) is 0 Å². The van der Waals surface area contributed by atoms with Gasteiger partial charge in [0.1, 0.15) is 5.75 Å². The molecule has 1 aromatic carbocycles. The third-order valence-electron chi connectivity index (χ3n) is 3.71. The summed E-state index contributed by atoms with van der Waals surface area (Å²) in [4.78, 5) is 22.3. The quantitative estimate of drug-likeness (QED) is 0.225. The van der Waals surface area contributed by atoms with Crippen LogP contribution >= 0.6 is 50.7 Å². The number of carbonyl (C=O) groups is 1. The number of hydrogen-bond donors (Lipinski definition) is 1. The molecule has 3 atom stereocenters. The van der Waals surface area contributed by atoms with E-state index in [0.29, 0.717) is 15.8 Å². The molecule has 0 amide bonds. The smallest absolute Gasteiger partial charge is 0.260 e. The van der Waals surface area contributed by atoms with Crippen molar-refractivity contribution in [2.45, 2.75) is 35.2 Å². The maximum atomic E-state index is 11.7. The molecule has 0 aromatic heterocycles. The predicted molar refractivity (Wildman–Crippen MR) is 98.4 cm³/mol. The van der Waals surface area contributed by atoms with E-state index < -0.39 is 26.8 Å². The van der Waals surface area contributed by atoms with E-state index in [-0.39, 0.29) is 18.0 Å². The Balaban J connectivity index is 2.58. The van der Waals surface area contributed by atoms with Crippen LogP contribution in [-0.4, -0.2) is 31.8 Å². The molecule has 1 aliphatic heterocycles. The summed E-state index contributed by atoms with van der Waals surface area (Å²) in [7, 11) is 0. The van der Waals surface area contributed by atoms with E-state index in [9.17, 15) is 20.0 Å². The minimum absolute atomic E-state index is 0.171. The van der Waals surface area contributed by atoms with Crippen LogP contribution in [0.3, 0.4) is 0 Å². The van der Waals surface area contributed by atoms with Crippen molar-refractivity contribution >= 4 is 56.5 Å². The second-order valence-electron chi connectivity index (χ2n) is 5.60. The van der Waals surface area contributed by atoms with Gasteiger partial charge in [-0.1, -0.05) is 50.7 Å². The fourth-order valence-corrected chi connectivity index (χ4v) is 3.69. The molecule has 0 radical (unpaired) electrons. The fraction of sp³-hybridized carbons (Fsp3) is 0.400. The number of fused-ring (bicyclic) bond motifs is 1. The van der Waals surface area contributed by atoms with Gasteiger partial charge < -0.3 is 9.84 Å². The number of alkyl halides is 3. The number of hydrogen-bond acceptors (Lipinski definition) is 5. The van der Waals surface area contributed by atoms with E-state index in [1.165, 1.54) is 6.92 Å². The van der Waals surface area contributed by atoms with E-state index in [1.807, 2.05) is 0 Å². The molecule has 0 fully saturated rings. The van der Waals surface area contributed by atoms with Crippen LogP contribution in [0.4, 0.5) is 0 Å². The average Bonchev–Trinajstić information content (AvgIpc) is 2.44. The summed E-state index contributed by atoms with van der Waals surface area (Å²) in [5, 5.41) is 21.7. The minimum Gasteiger partial charge on any atom is -0.512 e. The van der Waals surface area contributed by atoms with Crippen LogP contribution in [0.1, 0.15) is 24.8 Å². The Morgan fingerprint density at radius 1 is 1.48 bits per heavy atom. The second-order valence-corrected chi connectivity index (χ2v) is 8.88. The molecule has 0 spiro atoms. The number of carbonyl (C=O) groups excluding carboxylic acids is 1. The van der Waals surface area contributed by atoms with Crippen LogP contribution in [0.15, 0.2) is 34.5 Å². The molecule has 1 aromatic rings. The Bertz CT molecular complexity index is 734. The van der Waals surface area contributed by atoms with Crippen LogP contribution < -0.4 is 4.74 Å². The van der Waals surface area contributed by atoms with E-state index >= 15 is 0 Å². The minimum atomic E-state index is -2.05. The number of allylic oxidation sites excluding steroid dienone is 2. The van der Waals surface area contributed by atoms with Gasteiger partial charge in [-0.25, -0.2) is 0 Å². The molecule has 2 rings (SSSR count). The van der Waals surface area contributed by atoms with Crippen molar-refractivity contribution in [3.05, 3.63) is 50.2 Å². The second kappa shape index (κ2) is 7.70. The number of nitrogens with zero attached hydrogens (tertiary/aromatic N) is 1. The van der Waals surface area contributed by atoms with Crippen molar-refractivity contribution in [2.24, 2.45) is 0 Å². The van der Waals surface area contributed by atoms with Crippen LogP contribution in [0, 0.1) is 10.1 Å². The molecule has 0 saturated carbocycles. The number of halogens is 4. The Labute approximate surface area is 167 Å². The van der Waals surface area contributed by atoms with E-state index in [2.05, 4.69) is 15.9 Å². The Morgan fingerprint density at radius 3 is 2.64 bits per heavy atom. The molecule has 0 bridgehead atoms. The topological polar surface area (TPSA) is 89.7 Å². The summed E-state index contributed by atoms with van der Waals surface area (Å²) in [5.74, 6) is -1.21. The number of rotatable bonds is 4. The lowest BCUT2D eigenvalue weighted by molar-refractivity contribution is -0.538. The molecule has 0 unspecified atom stereocenters. The molecule has 0 aliphatic carbocycles. The van der Waals surface area contributed by atoms with Gasteiger partial charge in [-0.2, -0.15) is 0 Å². The van der Waals surface area contributed by atoms with Gasteiger partial charge >= 0.3 is 0 Å². The molecule has 1 aliphatic rings. The summed E-state index contributed by atoms with van der Waals surface area (Å²) in [6.07, 6.45) is -0.527. The molecular formula is C15H13BrCl3NO5. The van der Waals surface area contributed by atoms with Gasteiger partial charge in [0, 0.05) is 27.5 Å². The van der Waals surface area contributed by atoms with Crippen LogP contribution in [0.5, 0.6) is 5.75 Å². The molecule has 1 heterocycles. The summed E-state index contributed by atoms with van der Waals surface area (Å²) >= 11 is 21.0. The third kappa shape index (κ3) is 4.78. The SMILES string of the molecule is CC(=O)/C=C(/O)C[C@H]1c2cc(Br)ccc2O[C@H](C(Cl)(Cl)Cl)[C@@H]1[N+](=O)[O-]. The molecule has 1 N–H and O–H groups in total. The van der Waals surface area contributed by atoms with E-state index in [0.717, 1.165) is 6.08 Å². The highest BCUT2D eigenvalue weighted by molar-refractivity contribution is 9.10. The Kier molecular flexibility index (Phi) is 6.25. The molecule has 10 heteroatoms. The largest absolute Gasteiger partial charge is 0.512 e. The highest BCUT2D eigenvalue weighted by atomic mass is 79.9. The van der Waals surface area contributed by atoms with Crippen LogP contribution in [0.25, 0.3) is 0 Å². The zero-order valence-corrected chi connectivity index (χ0v) is 16.6. The maximum absolute atomic E-state index is 11.7. The maximum Gasteiger partial charge on any atom is 0.260 e. The molecule has 0 saturated heterocycles.